The van der Waals surface area contributed by atoms with Gasteiger partial charge >= 0.3 is 0 Å². The number of allylic oxidation sites excluding steroid dienone is 2. The van der Waals surface area contributed by atoms with Crippen LogP contribution >= 0.6 is 0 Å². The molecule has 2 aromatic carbocycles. The highest BCUT2D eigenvalue weighted by molar-refractivity contribution is 5.98. The molecule has 0 aromatic heterocycles. The van der Waals surface area contributed by atoms with E-state index in [0.717, 1.165) is 47.6 Å². The van der Waals surface area contributed by atoms with E-state index in [1.165, 1.54) is 5.57 Å². The van der Waals surface area contributed by atoms with Crippen molar-refractivity contribution in [3.8, 4) is 23.6 Å². The first-order valence-electron chi connectivity index (χ1n) is 11.0. The largest absolute Gasteiger partial charge is 0.455 e. The van der Waals surface area contributed by atoms with Crippen LogP contribution in [0.15, 0.2) is 59.4 Å². The third-order valence-electron chi connectivity index (χ3n) is 5.41. The Hall–Kier alpha value is -4.03. The van der Waals surface area contributed by atoms with Gasteiger partial charge < -0.3 is 10.1 Å². The van der Waals surface area contributed by atoms with Crippen LogP contribution in [0.2, 0.25) is 0 Å². The maximum absolute atomic E-state index is 9.29. The zero-order valence-electron chi connectivity index (χ0n) is 19.7. The molecule has 0 saturated heterocycles. The lowest BCUT2D eigenvalue weighted by atomic mass is 10.0. The maximum atomic E-state index is 9.29. The van der Waals surface area contributed by atoms with Gasteiger partial charge in [-0.25, -0.2) is 0 Å². The Kier molecular flexibility index (Phi) is 7.53. The van der Waals surface area contributed by atoms with Crippen molar-refractivity contribution < 1.29 is 4.74 Å². The molecule has 2 aromatic rings. The number of hydrazone groups is 1. The Bertz CT molecular complexity index is 1180. The zero-order chi connectivity index (χ0) is 24.0. The van der Waals surface area contributed by atoms with Crippen LogP contribution < -0.4 is 10.1 Å². The Labute approximate surface area is 196 Å². The van der Waals surface area contributed by atoms with Crippen molar-refractivity contribution in [2.24, 2.45) is 5.10 Å². The van der Waals surface area contributed by atoms with Gasteiger partial charge in [0.2, 0.25) is 0 Å². The lowest BCUT2D eigenvalue weighted by Crippen LogP contribution is -2.25. The summed E-state index contributed by atoms with van der Waals surface area (Å²) in [5, 5.41) is 28.7. The molecule has 33 heavy (non-hydrogen) atoms. The fourth-order valence-corrected chi connectivity index (χ4v) is 3.85. The Morgan fingerprint density at radius 3 is 2.48 bits per heavy atom. The molecule has 1 N–H and O–H groups in total. The highest BCUT2D eigenvalue weighted by Gasteiger charge is 2.18. The van der Waals surface area contributed by atoms with Gasteiger partial charge in [-0.05, 0) is 55.7 Å². The van der Waals surface area contributed by atoms with Crippen molar-refractivity contribution in [1.29, 1.82) is 10.5 Å². The minimum Gasteiger partial charge on any atom is -0.455 e. The molecule has 0 atom stereocenters. The predicted molar refractivity (Wildman–Crippen MR) is 132 cm³/mol. The number of aryl methyl sites for hydroxylation is 1. The number of hydrogen-bond donors (Lipinski definition) is 1. The van der Waals surface area contributed by atoms with Crippen LogP contribution in [-0.2, 0) is 6.42 Å². The molecule has 1 heterocycles. The molecule has 0 amide bonds. The molecule has 0 bridgehead atoms. The third-order valence-corrected chi connectivity index (χ3v) is 5.41. The average Bonchev–Trinajstić information content (AvgIpc) is 2.80. The van der Waals surface area contributed by atoms with Crippen molar-refractivity contribution in [1.82, 2.24) is 5.01 Å². The molecule has 6 heteroatoms. The quantitative estimate of drug-likeness (QED) is 0.541. The second-order valence-corrected chi connectivity index (χ2v) is 8.20. The first kappa shape index (κ1) is 23.6. The van der Waals surface area contributed by atoms with Crippen LogP contribution in [0.4, 0.5) is 5.69 Å². The molecule has 1 aliphatic heterocycles. The van der Waals surface area contributed by atoms with Crippen molar-refractivity contribution in [3.05, 3.63) is 76.5 Å². The summed E-state index contributed by atoms with van der Waals surface area (Å²) in [6, 6.07) is 13.1. The van der Waals surface area contributed by atoms with Crippen molar-refractivity contribution in [3.63, 3.8) is 0 Å². The van der Waals surface area contributed by atoms with Gasteiger partial charge in [-0.1, -0.05) is 37.6 Å². The summed E-state index contributed by atoms with van der Waals surface area (Å²) in [6.45, 7) is 11.2. The fourth-order valence-electron chi connectivity index (χ4n) is 3.85. The van der Waals surface area contributed by atoms with Gasteiger partial charge in [0, 0.05) is 19.2 Å². The standard InChI is InChI=1S/C27H29N5O/c1-6-7-20(4)32-17-18(2)10-24(31-32)14-23-9-8-19(3)27(26(23)30-5)33-25-12-21(15-28)11-22(13-25)16-29/h8-13,30H,4,6-7,14,17H2,1-3,5H3. The highest BCUT2D eigenvalue weighted by atomic mass is 16.5. The van der Waals surface area contributed by atoms with E-state index in [0.29, 0.717) is 29.0 Å². The average molecular weight is 440 g/mol. The molecule has 3 rings (SSSR count). The second kappa shape index (κ2) is 10.5. The van der Waals surface area contributed by atoms with E-state index in [1.807, 2.05) is 25.0 Å². The van der Waals surface area contributed by atoms with E-state index in [1.54, 1.807) is 18.2 Å². The minimum absolute atomic E-state index is 0.383. The van der Waals surface area contributed by atoms with E-state index in [-0.39, 0.29) is 0 Å². The molecule has 0 spiro atoms. The van der Waals surface area contributed by atoms with Gasteiger partial charge in [0.15, 0.2) is 5.75 Å². The molecule has 6 nitrogen and oxygen atoms in total. The van der Waals surface area contributed by atoms with E-state index in [2.05, 4.69) is 50.0 Å². The molecule has 0 saturated carbocycles. The van der Waals surface area contributed by atoms with Gasteiger partial charge in [-0.3, -0.25) is 5.01 Å². The summed E-state index contributed by atoms with van der Waals surface area (Å²) in [5.74, 6) is 1.12. The smallest absolute Gasteiger partial charge is 0.153 e. The van der Waals surface area contributed by atoms with Gasteiger partial charge in [-0.15, -0.1) is 0 Å². The van der Waals surface area contributed by atoms with Gasteiger partial charge in [-0.2, -0.15) is 15.6 Å². The van der Waals surface area contributed by atoms with Gasteiger partial charge in [0.05, 0.1) is 41.2 Å². The molecule has 0 fully saturated rings. The second-order valence-electron chi connectivity index (χ2n) is 8.20. The van der Waals surface area contributed by atoms with Gasteiger partial charge in [0.1, 0.15) is 5.75 Å². The number of hydrogen-bond acceptors (Lipinski definition) is 6. The topological polar surface area (TPSA) is 84.4 Å². The molecule has 0 aliphatic carbocycles. The Balaban J connectivity index is 1.96. The highest BCUT2D eigenvalue weighted by Crippen LogP contribution is 2.37. The number of nitrogens with zero attached hydrogens (tertiary/aromatic N) is 4. The number of anilines is 1. The van der Waals surface area contributed by atoms with Crippen LogP contribution in [-0.4, -0.2) is 24.3 Å². The molecule has 0 unspecified atom stereocenters. The summed E-state index contributed by atoms with van der Waals surface area (Å²) in [6.07, 6.45) is 4.71. The molecule has 168 valence electrons. The first-order valence-corrected chi connectivity index (χ1v) is 11.0. The van der Waals surface area contributed by atoms with Crippen molar-refractivity contribution in [2.45, 2.75) is 40.0 Å². The summed E-state index contributed by atoms with van der Waals surface area (Å²) >= 11 is 0. The van der Waals surface area contributed by atoms with E-state index in [9.17, 15) is 10.5 Å². The molecule has 0 radical (unpaired) electrons. The maximum Gasteiger partial charge on any atom is 0.153 e. The normalized spacial score (nSPS) is 12.8. The van der Waals surface area contributed by atoms with E-state index >= 15 is 0 Å². The van der Waals surface area contributed by atoms with Crippen LogP contribution in [0.25, 0.3) is 0 Å². The lowest BCUT2D eigenvalue weighted by Gasteiger charge is -2.26. The SMILES string of the molecule is C=C(CCC)N1CC(C)=CC(Cc2ccc(C)c(Oc3cc(C#N)cc(C#N)c3)c2NC)=N1. The van der Waals surface area contributed by atoms with Crippen LogP contribution in [0.3, 0.4) is 0 Å². The summed E-state index contributed by atoms with van der Waals surface area (Å²) < 4.78 is 6.21. The lowest BCUT2D eigenvalue weighted by molar-refractivity contribution is 0.375. The van der Waals surface area contributed by atoms with Gasteiger partial charge in [0.25, 0.3) is 0 Å². The summed E-state index contributed by atoms with van der Waals surface area (Å²) in [4.78, 5) is 0. The van der Waals surface area contributed by atoms with Crippen molar-refractivity contribution >= 4 is 11.4 Å². The zero-order valence-corrected chi connectivity index (χ0v) is 19.7. The predicted octanol–water partition coefficient (Wildman–Crippen LogP) is 6.05. The Morgan fingerprint density at radius 1 is 1.18 bits per heavy atom. The number of nitriles is 2. The van der Waals surface area contributed by atoms with Crippen LogP contribution in [0.1, 0.15) is 48.9 Å². The fraction of sp³-hybridized carbons (Fsp3) is 0.296. The number of rotatable bonds is 8. The van der Waals surface area contributed by atoms with Crippen LogP contribution in [0.5, 0.6) is 11.5 Å². The monoisotopic (exact) mass is 439 g/mol. The van der Waals surface area contributed by atoms with Crippen molar-refractivity contribution in [2.75, 3.05) is 18.9 Å². The third kappa shape index (κ3) is 5.61. The summed E-state index contributed by atoms with van der Waals surface area (Å²) in [5.41, 5.74) is 6.83. The molecular formula is C27H29N5O. The number of ether oxygens (including phenoxy) is 1. The van der Waals surface area contributed by atoms with E-state index in [4.69, 9.17) is 9.84 Å². The number of nitrogens with one attached hydrogen (secondary N) is 1. The first-order chi connectivity index (χ1) is 15.9. The molecular weight excluding hydrogens is 410 g/mol. The summed E-state index contributed by atoms with van der Waals surface area (Å²) in [7, 11) is 1.86. The molecule has 1 aliphatic rings. The minimum atomic E-state index is 0.383. The van der Waals surface area contributed by atoms with Crippen LogP contribution in [0, 0.1) is 29.6 Å². The van der Waals surface area contributed by atoms with E-state index < -0.39 is 0 Å². The number of benzene rings is 2. The Morgan fingerprint density at radius 2 is 1.88 bits per heavy atom.